The molecule has 0 bridgehead atoms. The monoisotopic (exact) mass is 363 g/mol. The van der Waals surface area contributed by atoms with Crippen molar-refractivity contribution in [2.45, 2.75) is 24.1 Å². The molecule has 2 aliphatic rings. The van der Waals surface area contributed by atoms with Crippen LogP contribution in [0.15, 0.2) is 24.3 Å². The van der Waals surface area contributed by atoms with Gasteiger partial charge in [0.05, 0.1) is 0 Å². The molecule has 0 spiro atoms. The fourth-order valence-corrected chi connectivity index (χ4v) is 4.51. The summed E-state index contributed by atoms with van der Waals surface area (Å²) in [7, 11) is 0. The summed E-state index contributed by atoms with van der Waals surface area (Å²) in [6, 6.07) is 7.36. The molecule has 0 aliphatic carbocycles. The molecular weight excluding hydrogens is 338 g/mol. The first-order chi connectivity index (χ1) is 12.1. The highest BCUT2D eigenvalue weighted by molar-refractivity contribution is 7.99. The molecule has 0 aromatic heterocycles. The van der Waals surface area contributed by atoms with Crippen molar-refractivity contribution in [1.29, 1.82) is 0 Å². The third kappa shape index (κ3) is 4.27. The minimum absolute atomic E-state index is 0.0576. The summed E-state index contributed by atoms with van der Waals surface area (Å²) in [6.07, 6.45) is 4.66. The molecule has 6 nitrogen and oxygen atoms in total. The third-order valence-corrected chi connectivity index (χ3v) is 5.99. The maximum absolute atomic E-state index is 12.8. The van der Waals surface area contributed by atoms with E-state index in [-0.39, 0.29) is 12.5 Å². The fraction of sp³-hybridized carbons (Fsp3) is 0.556. The lowest BCUT2D eigenvalue weighted by atomic mass is 10.2. The van der Waals surface area contributed by atoms with E-state index in [1.165, 1.54) is 12.8 Å². The summed E-state index contributed by atoms with van der Waals surface area (Å²) in [4.78, 5) is 28.1. The molecule has 2 fully saturated rings. The minimum Gasteiger partial charge on any atom is -0.484 e. The topological polar surface area (TPSA) is 75.9 Å². The zero-order valence-corrected chi connectivity index (χ0v) is 15.3. The van der Waals surface area contributed by atoms with Crippen LogP contribution < -0.4 is 10.5 Å². The number of carbonyl (C=O) groups is 2. The lowest BCUT2D eigenvalue weighted by Gasteiger charge is -2.27. The van der Waals surface area contributed by atoms with Crippen LogP contribution in [0.3, 0.4) is 0 Å². The molecule has 2 heterocycles. The van der Waals surface area contributed by atoms with Crippen molar-refractivity contribution in [1.82, 2.24) is 9.80 Å². The van der Waals surface area contributed by atoms with Crippen LogP contribution in [-0.4, -0.2) is 71.9 Å². The predicted octanol–water partition coefficient (Wildman–Crippen LogP) is 1.20. The number of ether oxygens (including phenoxy) is 1. The number of nitrogens with zero attached hydrogens (tertiary/aromatic N) is 2. The Labute approximate surface area is 152 Å². The van der Waals surface area contributed by atoms with Crippen LogP contribution in [0, 0.1) is 0 Å². The molecule has 3 rings (SSSR count). The van der Waals surface area contributed by atoms with Gasteiger partial charge < -0.3 is 15.4 Å². The molecule has 25 heavy (non-hydrogen) atoms. The molecule has 0 saturated carbocycles. The molecular formula is C18H25N3O3S. The van der Waals surface area contributed by atoms with E-state index in [4.69, 9.17) is 10.5 Å². The summed E-state index contributed by atoms with van der Waals surface area (Å²) in [5, 5.41) is 0.472. The Morgan fingerprint density at radius 3 is 2.48 bits per heavy atom. The highest BCUT2D eigenvalue weighted by Crippen LogP contribution is 2.29. The maximum atomic E-state index is 12.8. The molecule has 2 atom stereocenters. The van der Waals surface area contributed by atoms with Gasteiger partial charge in [0, 0.05) is 29.9 Å². The van der Waals surface area contributed by atoms with Crippen LogP contribution in [0.4, 0.5) is 0 Å². The number of rotatable bonds is 6. The van der Waals surface area contributed by atoms with Crippen LogP contribution >= 0.6 is 11.8 Å². The van der Waals surface area contributed by atoms with Gasteiger partial charge in [-0.2, -0.15) is 11.8 Å². The van der Waals surface area contributed by atoms with Gasteiger partial charge in [-0.3, -0.25) is 14.5 Å². The molecule has 0 radical (unpaired) electrons. The van der Waals surface area contributed by atoms with Gasteiger partial charge in [-0.25, -0.2) is 0 Å². The third-order valence-electron chi connectivity index (χ3n) is 4.92. The Hall–Kier alpha value is -1.73. The van der Waals surface area contributed by atoms with Crippen LogP contribution in [-0.2, 0) is 4.79 Å². The average Bonchev–Trinajstić information content (AvgIpc) is 3.28. The Bertz CT molecular complexity index is 616. The number of primary amides is 1. The van der Waals surface area contributed by atoms with Gasteiger partial charge in [0.1, 0.15) is 5.75 Å². The first kappa shape index (κ1) is 18.1. The van der Waals surface area contributed by atoms with Crippen LogP contribution in [0.5, 0.6) is 5.75 Å². The second-order valence-electron chi connectivity index (χ2n) is 6.57. The molecule has 7 heteroatoms. The van der Waals surface area contributed by atoms with E-state index in [9.17, 15) is 9.59 Å². The zero-order valence-electron chi connectivity index (χ0n) is 14.5. The number of thioether (sulfide) groups is 1. The van der Waals surface area contributed by atoms with Gasteiger partial charge in [0.25, 0.3) is 11.8 Å². The van der Waals surface area contributed by atoms with Gasteiger partial charge in [-0.15, -0.1) is 0 Å². The van der Waals surface area contributed by atoms with Crippen molar-refractivity contribution in [3.05, 3.63) is 29.8 Å². The number of carbonyl (C=O) groups excluding carboxylic acids is 2. The van der Waals surface area contributed by atoms with Gasteiger partial charge in [0.2, 0.25) is 0 Å². The highest BCUT2D eigenvalue weighted by atomic mass is 32.2. The number of likely N-dealkylation sites (tertiary alicyclic amines) is 2. The van der Waals surface area contributed by atoms with Crippen LogP contribution in [0.1, 0.15) is 23.2 Å². The molecule has 136 valence electrons. The van der Waals surface area contributed by atoms with E-state index in [0.29, 0.717) is 22.6 Å². The lowest BCUT2D eigenvalue weighted by molar-refractivity contribution is -0.119. The van der Waals surface area contributed by atoms with Gasteiger partial charge in [-0.1, -0.05) is 0 Å². The Balaban J connectivity index is 1.63. The first-order valence-electron chi connectivity index (χ1n) is 8.66. The second-order valence-corrected chi connectivity index (χ2v) is 7.65. The minimum atomic E-state index is -0.520. The molecule has 2 aliphatic heterocycles. The Morgan fingerprint density at radius 1 is 1.20 bits per heavy atom. The molecule has 1 aromatic rings. The number of hydrogen-bond acceptors (Lipinski definition) is 5. The molecule has 2 amide bonds. The largest absolute Gasteiger partial charge is 0.484 e. The second kappa shape index (κ2) is 8.10. The Kier molecular flexibility index (Phi) is 5.86. The smallest absolute Gasteiger partial charge is 0.255 e. The summed E-state index contributed by atoms with van der Waals surface area (Å²) >= 11 is 1.86. The quantitative estimate of drug-likeness (QED) is 0.822. The van der Waals surface area contributed by atoms with Crippen molar-refractivity contribution in [3.8, 4) is 5.75 Å². The van der Waals surface area contributed by atoms with Crippen molar-refractivity contribution in [3.63, 3.8) is 0 Å². The maximum Gasteiger partial charge on any atom is 0.255 e. The lowest BCUT2D eigenvalue weighted by Crippen LogP contribution is -2.40. The number of amides is 2. The molecule has 2 N–H and O–H groups in total. The van der Waals surface area contributed by atoms with Crippen molar-refractivity contribution >= 4 is 23.6 Å². The van der Waals surface area contributed by atoms with E-state index in [2.05, 4.69) is 11.2 Å². The van der Waals surface area contributed by atoms with Gasteiger partial charge >= 0.3 is 0 Å². The zero-order chi connectivity index (χ0) is 17.8. The molecule has 2 saturated heterocycles. The highest BCUT2D eigenvalue weighted by Gasteiger charge is 2.39. The van der Waals surface area contributed by atoms with Gasteiger partial charge in [-0.05, 0) is 56.5 Å². The molecule has 1 aromatic carbocycles. The SMILES string of the molecule is CS[C@H]1CN(C(=O)c2ccc(OCC(N)=O)cc2)C[C@H]1N1CCCC1. The van der Waals surface area contributed by atoms with E-state index in [0.717, 1.165) is 26.2 Å². The van der Waals surface area contributed by atoms with Crippen LogP contribution in [0.2, 0.25) is 0 Å². The summed E-state index contributed by atoms with van der Waals surface area (Å²) in [5.74, 6) is 0.0733. The van der Waals surface area contributed by atoms with Crippen molar-refractivity contribution < 1.29 is 14.3 Å². The fourth-order valence-electron chi connectivity index (χ4n) is 3.61. The average molecular weight is 363 g/mol. The van der Waals surface area contributed by atoms with Crippen molar-refractivity contribution in [2.75, 3.05) is 39.0 Å². The van der Waals surface area contributed by atoms with E-state index < -0.39 is 5.91 Å². The van der Waals surface area contributed by atoms with E-state index in [1.807, 2.05) is 16.7 Å². The van der Waals surface area contributed by atoms with Crippen LogP contribution in [0.25, 0.3) is 0 Å². The number of benzene rings is 1. The number of hydrogen-bond donors (Lipinski definition) is 1. The summed E-state index contributed by atoms with van der Waals surface area (Å²) < 4.78 is 5.24. The van der Waals surface area contributed by atoms with Crippen molar-refractivity contribution in [2.24, 2.45) is 5.73 Å². The summed E-state index contributed by atoms with van der Waals surface area (Å²) in [6.45, 7) is 3.73. The first-order valence-corrected chi connectivity index (χ1v) is 9.94. The van der Waals surface area contributed by atoms with Gasteiger partial charge in [0.15, 0.2) is 6.61 Å². The summed E-state index contributed by atoms with van der Waals surface area (Å²) in [5.41, 5.74) is 5.71. The Morgan fingerprint density at radius 2 is 1.88 bits per heavy atom. The predicted molar refractivity (Wildman–Crippen MR) is 98.9 cm³/mol. The van der Waals surface area contributed by atoms with E-state index in [1.54, 1.807) is 24.3 Å². The molecule has 0 unspecified atom stereocenters. The number of nitrogens with two attached hydrogens (primary N) is 1. The van der Waals surface area contributed by atoms with E-state index >= 15 is 0 Å². The normalized spacial score (nSPS) is 23.8. The standard InChI is InChI=1S/C18H25N3O3S/c1-25-16-11-21(10-15(16)20-8-2-3-9-20)18(23)13-4-6-14(7-5-13)24-12-17(19)22/h4-7,15-16H,2-3,8-12H2,1H3,(H2,19,22)/t15-,16+/m1/s1.